The fourth-order valence-corrected chi connectivity index (χ4v) is 3.31. The number of aromatic nitrogens is 1. The fraction of sp³-hybridized carbons (Fsp3) is 0.136. The number of halogens is 2. The Morgan fingerprint density at radius 2 is 1.81 bits per heavy atom. The fourth-order valence-electron chi connectivity index (χ4n) is 2.73. The van der Waals surface area contributed by atoms with Crippen LogP contribution in [-0.2, 0) is 9.53 Å². The molecule has 2 aromatic carbocycles. The van der Waals surface area contributed by atoms with Crippen molar-refractivity contribution in [2.24, 2.45) is 0 Å². The van der Waals surface area contributed by atoms with E-state index in [0.717, 1.165) is 11.3 Å². The minimum Gasteiger partial charge on any atom is -0.494 e. The molecule has 1 aromatic heterocycles. The zero-order valence-corrected chi connectivity index (χ0v) is 18.2. The molecule has 0 aliphatic heterocycles. The number of benzene rings is 2. The smallest absolute Gasteiger partial charge is 0.345 e. The molecule has 0 saturated heterocycles. The van der Waals surface area contributed by atoms with Crippen molar-refractivity contribution in [3.63, 3.8) is 0 Å². The van der Waals surface area contributed by atoms with Crippen molar-refractivity contribution in [3.8, 4) is 17.0 Å². The van der Waals surface area contributed by atoms with Gasteiger partial charge in [0.2, 0.25) is 5.88 Å². The number of ether oxygens (including phenoxy) is 2. The molecule has 0 bridgehead atoms. The van der Waals surface area contributed by atoms with Gasteiger partial charge in [-0.05, 0) is 42.8 Å². The maximum Gasteiger partial charge on any atom is 0.345 e. The number of carbonyl (C=O) groups excluding carboxylic acids is 2. The molecule has 1 heterocycles. The second-order valence-electron chi connectivity index (χ2n) is 6.15. The predicted octanol–water partition coefficient (Wildman–Crippen LogP) is 5.49. The van der Waals surface area contributed by atoms with E-state index < -0.39 is 11.9 Å². The predicted molar refractivity (Wildman–Crippen MR) is 119 cm³/mol. The summed E-state index contributed by atoms with van der Waals surface area (Å²) in [6, 6.07) is 12.0. The van der Waals surface area contributed by atoms with Gasteiger partial charge in [-0.1, -0.05) is 46.6 Å². The highest BCUT2D eigenvalue weighted by molar-refractivity contribution is 6.39. The molecule has 3 aromatic rings. The van der Waals surface area contributed by atoms with Crippen LogP contribution < -0.4 is 10.1 Å². The third-order valence-corrected chi connectivity index (χ3v) is 4.77. The van der Waals surface area contributed by atoms with Crippen molar-refractivity contribution >= 4 is 47.0 Å². The molecule has 9 heteroatoms. The average Bonchev–Trinajstić information content (AvgIpc) is 3.15. The number of nitrogens with zero attached hydrogens (tertiary/aromatic N) is 1. The monoisotopic (exact) mass is 460 g/mol. The summed E-state index contributed by atoms with van der Waals surface area (Å²) < 4.78 is 15.4. The molecule has 0 atom stereocenters. The van der Waals surface area contributed by atoms with Crippen molar-refractivity contribution in [2.75, 3.05) is 19.0 Å². The topological polar surface area (TPSA) is 90.7 Å². The summed E-state index contributed by atoms with van der Waals surface area (Å²) in [6.07, 6.45) is 2.90. The van der Waals surface area contributed by atoms with Crippen LogP contribution in [0.3, 0.4) is 0 Å². The zero-order valence-electron chi connectivity index (χ0n) is 16.6. The number of amides is 1. The molecule has 3 rings (SSSR count). The van der Waals surface area contributed by atoms with Gasteiger partial charge in [-0.3, -0.25) is 10.1 Å². The lowest BCUT2D eigenvalue weighted by atomic mass is 10.1. The molecule has 0 aliphatic carbocycles. The molecule has 160 valence electrons. The van der Waals surface area contributed by atoms with Crippen LogP contribution in [0.25, 0.3) is 17.3 Å². The number of hydrogen-bond acceptors (Lipinski definition) is 6. The molecule has 0 aliphatic rings. The molecule has 7 nitrogen and oxygen atoms in total. The Bertz CT molecular complexity index is 1100. The molecular formula is C22H18Cl2N2O5. The van der Waals surface area contributed by atoms with Crippen molar-refractivity contribution in [1.29, 1.82) is 0 Å². The van der Waals surface area contributed by atoms with E-state index in [9.17, 15) is 9.59 Å². The van der Waals surface area contributed by atoms with Crippen molar-refractivity contribution in [3.05, 3.63) is 69.7 Å². The van der Waals surface area contributed by atoms with Crippen molar-refractivity contribution in [2.45, 2.75) is 6.92 Å². The number of anilines is 1. The first kappa shape index (κ1) is 22.4. The molecule has 31 heavy (non-hydrogen) atoms. The summed E-state index contributed by atoms with van der Waals surface area (Å²) in [4.78, 5) is 24.8. The van der Waals surface area contributed by atoms with Gasteiger partial charge in [0.25, 0.3) is 5.91 Å². The Morgan fingerprint density at radius 3 is 2.42 bits per heavy atom. The SMILES string of the molecule is CCOc1ccc(/C=C/C(=O)Nc2onc(-c3c(Cl)cccc3Cl)c2C(=O)OC)cc1. The van der Waals surface area contributed by atoms with Gasteiger partial charge in [-0.2, -0.15) is 0 Å². The molecule has 1 amide bonds. The van der Waals surface area contributed by atoms with Crippen LogP contribution >= 0.6 is 23.2 Å². The van der Waals surface area contributed by atoms with Gasteiger partial charge in [0.05, 0.1) is 23.8 Å². The van der Waals surface area contributed by atoms with Crippen LogP contribution in [0.4, 0.5) is 5.88 Å². The Kier molecular flexibility index (Phi) is 7.33. The number of hydrogen-bond donors (Lipinski definition) is 1. The van der Waals surface area contributed by atoms with Gasteiger partial charge >= 0.3 is 5.97 Å². The summed E-state index contributed by atoms with van der Waals surface area (Å²) >= 11 is 12.4. The second-order valence-corrected chi connectivity index (χ2v) is 6.96. The molecular weight excluding hydrogens is 443 g/mol. The van der Waals surface area contributed by atoms with Gasteiger partial charge in [-0.15, -0.1) is 0 Å². The number of nitrogens with one attached hydrogen (secondary N) is 1. The summed E-state index contributed by atoms with van der Waals surface area (Å²) in [7, 11) is 1.20. The van der Waals surface area contributed by atoms with Crippen LogP contribution in [0, 0.1) is 0 Å². The Morgan fingerprint density at radius 1 is 1.13 bits per heavy atom. The molecule has 1 N–H and O–H groups in total. The minimum absolute atomic E-state index is 0.0632. The molecule has 0 spiro atoms. The third kappa shape index (κ3) is 5.25. The summed E-state index contributed by atoms with van der Waals surface area (Å²) in [5.74, 6) is -0.747. The van der Waals surface area contributed by atoms with E-state index in [1.54, 1.807) is 48.5 Å². The molecule has 0 radical (unpaired) electrons. The first-order valence-electron chi connectivity index (χ1n) is 9.18. The van der Waals surface area contributed by atoms with E-state index in [0.29, 0.717) is 12.2 Å². The van der Waals surface area contributed by atoms with Gasteiger partial charge < -0.3 is 14.0 Å². The van der Waals surface area contributed by atoms with E-state index in [2.05, 4.69) is 10.5 Å². The number of rotatable bonds is 7. The highest BCUT2D eigenvalue weighted by Crippen LogP contribution is 2.38. The lowest BCUT2D eigenvalue weighted by Gasteiger charge is -2.06. The molecule has 0 unspecified atom stereocenters. The summed E-state index contributed by atoms with van der Waals surface area (Å²) in [6.45, 7) is 2.47. The van der Waals surface area contributed by atoms with E-state index in [-0.39, 0.29) is 27.2 Å². The number of carbonyl (C=O) groups is 2. The van der Waals surface area contributed by atoms with Crippen LogP contribution in [0.5, 0.6) is 5.75 Å². The van der Waals surface area contributed by atoms with Crippen LogP contribution in [0.1, 0.15) is 22.8 Å². The second kappa shape index (κ2) is 10.1. The standard InChI is InChI=1S/C22H18Cl2N2O5/c1-3-30-14-10-7-13(8-11-14)9-12-17(27)25-21-19(22(28)29-2)20(26-31-21)18-15(23)5-4-6-16(18)24/h4-12H,3H2,1-2H3,(H,25,27)/b12-9+. The average molecular weight is 461 g/mol. The lowest BCUT2D eigenvalue weighted by Crippen LogP contribution is -2.12. The molecule has 0 saturated carbocycles. The van der Waals surface area contributed by atoms with Gasteiger partial charge in [0.15, 0.2) is 5.56 Å². The number of methoxy groups -OCH3 is 1. The maximum absolute atomic E-state index is 12.4. The highest BCUT2D eigenvalue weighted by Gasteiger charge is 2.28. The van der Waals surface area contributed by atoms with Crippen LogP contribution in [0.15, 0.2) is 53.1 Å². The van der Waals surface area contributed by atoms with Gasteiger partial charge in [-0.25, -0.2) is 4.79 Å². The van der Waals surface area contributed by atoms with E-state index in [1.807, 2.05) is 6.92 Å². The quantitative estimate of drug-likeness (QED) is 0.370. The Labute approximate surface area is 188 Å². The third-order valence-electron chi connectivity index (χ3n) is 4.14. The lowest BCUT2D eigenvalue weighted by molar-refractivity contribution is -0.112. The van der Waals surface area contributed by atoms with E-state index in [4.69, 9.17) is 37.2 Å². The zero-order chi connectivity index (χ0) is 22.4. The normalized spacial score (nSPS) is 10.8. The summed E-state index contributed by atoms with van der Waals surface area (Å²) in [5, 5.41) is 6.89. The summed E-state index contributed by atoms with van der Waals surface area (Å²) in [5.41, 5.74) is 1.04. The Balaban J connectivity index is 1.85. The minimum atomic E-state index is -0.766. The largest absolute Gasteiger partial charge is 0.494 e. The van der Waals surface area contributed by atoms with E-state index in [1.165, 1.54) is 13.2 Å². The maximum atomic E-state index is 12.4. The first-order valence-corrected chi connectivity index (χ1v) is 9.94. The van der Waals surface area contributed by atoms with Crippen molar-refractivity contribution < 1.29 is 23.6 Å². The highest BCUT2D eigenvalue weighted by atomic mass is 35.5. The van der Waals surface area contributed by atoms with Gasteiger partial charge in [0.1, 0.15) is 11.4 Å². The van der Waals surface area contributed by atoms with Crippen LogP contribution in [0.2, 0.25) is 10.0 Å². The van der Waals surface area contributed by atoms with Crippen LogP contribution in [-0.4, -0.2) is 30.7 Å². The van der Waals surface area contributed by atoms with E-state index >= 15 is 0 Å². The van der Waals surface area contributed by atoms with Crippen molar-refractivity contribution in [1.82, 2.24) is 5.16 Å². The first-order chi connectivity index (χ1) is 14.9. The number of esters is 1. The Hall–Kier alpha value is -3.29. The molecule has 0 fully saturated rings. The van der Waals surface area contributed by atoms with Gasteiger partial charge in [0, 0.05) is 11.6 Å².